The minimum Gasteiger partial charge on any atom is -0.481 e. The van der Waals surface area contributed by atoms with Gasteiger partial charge < -0.3 is 16.0 Å². The summed E-state index contributed by atoms with van der Waals surface area (Å²) in [6, 6.07) is 6.89. The van der Waals surface area contributed by atoms with Gasteiger partial charge in [-0.15, -0.1) is 0 Å². The lowest BCUT2D eigenvalue weighted by Gasteiger charge is -1.98. The fourth-order valence-corrected chi connectivity index (χ4v) is 1.12. The maximum absolute atomic E-state index is 10.3. The van der Waals surface area contributed by atoms with Crippen molar-refractivity contribution in [2.24, 2.45) is 10.9 Å². The third kappa shape index (κ3) is 3.45. The highest BCUT2D eigenvalue weighted by atomic mass is 16.4. The Morgan fingerprint density at radius 2 is 2.00 bits per heavy atom. The van der Waals surface area contributed by atoms with Crippen LogP contribution >= 0.6 is 0 Å². The molecular weight excluding hydrogens is 208 g/mol. The first kappa shape index (κ1) is 11.8. The minimum absolute atomic E-state index is 0.0119. The largest absolute Gasteiger partial charge is 0.481 e. The number of carbonyl (C=O) groups is 1. The van der Waals surface area contributed by atoms with Crippen LogP contribution in [0.1, 0.15) is 17.5 Å². The highest BCUT2D eigenvalue weighted by Crippen LogP contribution is 2.06. The van der Waals surface area contributed by atoms with E-state index < -0.39 is 5.97 Å². The van der Waals surface area contributed by atoms with E-state index >= 15 is 0 Å². The van der Waals surface area contributed by atoms with Gasteiger partial charge in [0, 0.05) is 5.56 Å². The normalized spacial score (nSPS) is 11.9. The van der Waals surface area contributed by atoms with E-state index in [-0.39, 0.29) is 12.3 Å². The Kier molecular flexibility index (Phi) is 4.08. The maximum Gasteiger partial charge on any atom is 0.307 e. The number of aliphatic carboxylic acids is 1. The van der Waals surface area contributed by atoms with Gasteiger partial charge >= 0.3 is 5.97 Å². The Hall–Kier alpha value is -2.30. The molecule has 0 heterocycles. The zero-order chi connectivity index (χ0) is 12.0. The van der Waals surface area contributed by atoms with Crippen molar-refractivity contribution in [3.8, 4) is 0 Å². The minimum atomic E-state index is -0.871. The van der Waals surface area contributed by atoms with Crippen LogP contribution in [-0.4, -0.2) is 22.1 Å². The third-order valence-electron chi connectivity index (χ3n) is 1.92. The van der Waals surface area contributed by atoms with Crippen molar-refractivity contribution in [3.05, 3.63) is 41.5 Å². The first-order chi connectivity index (χ1) is 7.63. The van der Waals surface area contributed by atoms with Gasteiger partial charge in [0.1, 0.15) is 0 Å². The SMILES string of the molecule is NC(=NO)c1ccc(C=CCC(=O)O)cc1. The zero-order valence-electron chi connectivity index (χ0n) is 8.50. The molecule has 0 unspecified atom stereocenters. The van der Waals surface area contributed by atoms with Gasteiger partial charge in [0.05, 0.1) is 6.42 Å². The van der Waals surface area contributed by atoms with E-state index in [0.717, 1.165) is 5.56 Å². The molecule has 0 radical (unpaired) electrons. The standard InChI is InChI=1S/C11H12N2O3/c12-11(13-16)9-6-4-8(5-7-9)2-1-3-10(14)15/h1-2,4-7,16H,3H2,(H2,12,13)(H,14,15). The molecule has 0 aliphatic carbocycles. The second-order valence-electron chi connectivity index (χ2n) is 3.11. The van der Waals surface area contributed by atoms with Crippen LogP contribution < -0.4 is 5.73 Å². The number of hydrogen-bond donors (Lipinski definition) is 3. The smallest absolute Gasteiger partial charge is 0.307 e. The van der Waals surface area contributed by atoms with Crippen molar-refractivity contribution >= 4 is 17.9 Å². The molecule has 1 aromatic carbocycles. The average Bonchev–Trinajstić information content (AvgIpc) is 2.28. The molecule has 0 amide bonds. The summed E-state index contributed by atoms with van der Waals surface area (Å²) in [6.45, 7) is 0. The van der Waals surface area contributed by atoms with Crippen molar-refractivity contribution in [1.29, 1.82) is 0 Å². The Morgan fingerprint density at radius 1 is 1.38 bits per heavy atom. The summed E-state index contributed by atoms with van der Waals surface area (Å²) in [5, 5.41) is 19.7. The van der Waals surface area contributed by atoms with Crippen molar-refractivity contribution in [1.82, 2.24) is 0 Å². The van der Waals surface area contributed by atoms with Crippen LogP contribution in [0.2, 0.25) is 0 Å². The number of oxime groups is 1. The van der Waals surface area contributed by atoms with Crippen LogP contribution in [0.4, 0.5) is 0 Å². The summed E-state index contributed by atoms with van der Waals surface area (Å²) in [5.41, 5.74) is 6.85. The molecule has 16 heavy (non-hydrogen) atoms. The van der Waals surface area contributed by atoms with Gasteiger partial charge in [0.15, 0.2) is 5.84 Å². The quantitative estimate of drug-likeness (QED) is 0.308. The summed E-state index contributed by atoms with van der Waals surface area (Å²) in [5.74, 6) is -0.828. The molecule has 1 rings (SSSR count). The number of nitrogens with two attached hydrogens (primary N) is 1. The number of nitrogens with zero attached hydrogens (tertiary/aromatic N) is 1. The lowest BCUT2D eigenvalue weighted by molar-refractivity contribution is -0.135. The molecule has 0 saturated carbocycles. The molecule has 84 valence electrons. The van der Waals surface area contributed by atoms with Gasteiger partial charge in [0.2, 0.25) is 0 Å². The summed E-state index contributed by atoms with van der Waals surface area (Å²) >= 11 is 0. The predicted octanol–water partition coefficient (Wildman–Crippen LogP) is 1.27. The molecule has 0 atom stereocenters. The maximum atomic E-state index is 10.3. The van der Waals surface area contributed by atoms with E-state index in [1.807, 2.05) is 0 Å². The lowest BCUT2D eigenvalue weighted by Crippen LogP contribution is -2.12. The van der Waals surface area contributed by atoms with Gasteiger partial charge in [-0.25, -0.2) is 0 Å². The van der Waals surface area contributed by atoms with E-state index in [2.05, 4.69) is 5.16 Å². The van der Waals surface area contributed by atoms with E-state index in [1.54, 1.807) is 36.4 Å². The first-order valence-electron chi connectivity index (χ1n) is 4.60. The second-order valence-corrected chi connectivity index (χ2v) is 3.11. The molecule has 5 heteroatoms. The topological polar surface area (TPSA) is 95.9 Å². The molecule has 0 bridgehead atoms. The van der Waals surface area contributed by atoms with Crippen molar-refractivity contribution in [2.75, 3.05) is 0 Å². The molecule has 0 fully saturated rings. The molecule has 0 spiro atoms. The molecule has 4 N–H and O–H groups in total. The molecule has 1 aromatic rings. The number of benzene rings is 1. The molecule has 0 aromatic heterocycles. The van der Waals surface area contributed by atoms with Gasteiger partial charge in [-0.2, -0.15) is 0 Å². The number of hydrogen-bond acceptors (Lipinski definition) is 3. The monoisotopic (exact) mass is 220 g/mol. The summed E-state index contributed by atoms with van der Waals surface area (Å²) in [4.78, 5) is 10.3. The fourth-order valence-electron chi connectivity index (χ4n) is 1.12. The molecule has 0 saturated heterocycles. The Labute approximate surface area is 92.5 Å². The van der Waals surface area contributed by atoms with Gasteiger partial charge in [0.25, 0.3) is 0 Å². The van der Waals surface area contributed by atoms with Crippen molar-refractivity contribution in [3.63, 3.8) is 0 Å². The van der Waals surface area contributed by atoms with E-state index in [1.165, 1.54) is 0 Å². The Morgan fingerprint density at radius 3 is 2.50 bits per heavy atom. The van der Waals surface area contributed by atoms with Crippen molar-refractivity contribution < 1.29 is 15.1 Å². The molecule has 0 aliphatic heterocycles. The highest BCUT2D eigenvalue weighted by Gasteiger charge is 1.97. The number of carboxylic acid groups (broad SMARTS) is 1. The molecule has 5 nitrogen and oxygen atoms in total. The summed E-state index contributed by atoms with van der Waals surface area (Å²) in [7, 11) is 0. The second kappa shape index (κ2) is 5.55. The predicted molar refractivity (Wildman–Crippen MR) is 60.2 cm³/mol. The third-order valence-corrected chi connectivity index (χ3v) is 1.92. The first-order valence-corrected chi connectivity index (χ1v) is 4.60. The summed E-state index contributed by atoms with van der Waals surface area (Å²) < 4.78 is 0. The highest BCUT2D eigenvalue weighted by molar-refractivity contribution is 5.97. The number of rotatable bonds is 4. The van der Waals surface area contributed by atoms with Crippen LogP contribution in [0.5, 0.6) is 0 Å². The van der Waals surface area contributed by atoms with Crippen LogP contribution in [0.25, 0.3) is 6.08 Å². The van der Waals surface area contributed by atoms with E-state index in [4.69, 9.17) is 16.0 Å². The Balaban J connectivity index is 2.72. The molecular formula is C11H12N2O3. The van der Waals surface area contributed by atoms with Crippen LogP contribution in [0, 0.1) is 0 Å². The van der Waals surface area contributed by atoms with Crippen LogP contribution in [-0.2, 0) is 4.79 Å². The number of amidine groups is 1. The number of carboxylic acids is 1. The van der Waals surface area contributed by atoms with Gasteiger partial charge in [-0.3, -0.25) is 4.79 Å². The van der Waals surface area contributed by atoms with Crippen LogP contribution in [0.15, 0.2) is 35.5 Å². The lowest BCUT2D eigenvalue weighted by atomic mass is 10.1. The summed E-state index contributed by atoms with van der Waals surface area (Å²) in [6.07, 6.45) is 3.24. The zero-order valence-corrected chi connectivity index (χ0v) is 8.50. The average molecular weight is 220 g/mol. The molecule has 0 aliphatic rings. The van der Waals surface area contributed by atoms with Crippen molar-refractivity contribution in [2.45, 2.75) is 6.42 Å². The van der Waals surface area contributed by atoms with Gasteiger partial charge in [-0.1, -0.05) is 41.6 Å². The van der Waals surface area contributed by atoms with E-state index in [0.29, 0.717) is 5.56 Å². The fraction of sp³-hybridized carbons (Fsp3) is 0.0909. The van der Waals surface area contributed by atoms with E-state index in [9.17, 15) is 4.79 Å². The Bertz CT molecular complexity index is 421. The van der Waals surface area contributed by atoms with Gasteiger partial charge in [-0.05, 0) is 5.56 Å². The van der Waals surface area contributed by atoms with Crippen LogP contribution in [0.3, 0.4) is 0 Å².